The van der Waals surface area contributed by atoms with Crippen molar-refractivity contribution in [1.29, 1.82) is 0 Å². The van der Waals surface area contributed by atoms with Gasteiger partial charge in [-0.2, -0.15) is 0 Å². The molecule has 0 aromatic rings. The van der Waals surface area contributed by atoms with Gasteiger partial charge in [-0.15, -0.1) is 0 Å². The summed E-state index contributed by atoms with van der Waals surface area (Å²) < 4.78 is 0. The molecule has 0 aliphatic rings. The molecule has 7 N–H and O–H groups in total. The molecule has 0 amide bonds. The SMILES string of the molecule is CCCC(C(C)(O)CO)(C(C)(O)CO)C(CC)(C(=O)O)C(C)(O)CO. The first-order chi connectivity index (χ1) is 11.2. The fraction of sp³-hybridized carbons (Fsp3) is 0.941. The topological polar surface area (TPSA) is 159 Å². The van der Waals surface area contributed by atoms with Crippen molar-refractivity contribution >= 4 is 5.97 Å². The van der Waals surface area contributed by atoms with Gasteiger partial charge in [0.2, 0.25) is 0 Å². The van der Waals surface area contributed by atoms with Gasteiger partial charge in [0.05, 0.1) is 36.4 Å². The third-order valence-corrected chi connectivity index (χ3v) is 5.93. The highest BCUT2D eigenvalue weighted by Gasteiger charge is 2.75. The van der Waals surface area contributed by atoms with E-state index in [4.69, 9.17) is 0 Å². The molecule has 0 aromatic carbocycles. The van der Waals surface area contributed by atoms with E-state index >= 15 is 0 Å². The molecule has 0 heterocycles. The first-order valence-electron chi connectivity index (χ1n) is 8.48. The zero-order valence-electron chi connectivity index (χ0n) is 15.8. The van der Waals surface area contributed by atoms with Crippen molar-refractivity contribution in [3.05, 3.63) is 0 Å². The minimum absolute atomic E-state index is 0.135. The molecule has 0 fully saturated rings. The van der Waals surface area contributed by atoms with Crippen LogP contribution in [0.3, 0.4) is 0 Å². The van der Waals surface area contributed by atoms with Crippen LogP contribution in [0.4, 0.5) is 0 Å². The van der Waals surface area contributed by atoms with Gasteiger partial charge in [0, 0.05) is 0 Å². The Bertz CT molecular complexity index is 442. The van der Waals surface area contributed by atoms with E-state index in [2.05, 4.69) is 0 Å². The first-order valence-corrected chi connectivity index (χ1v) is 8.48. The van der Waals surface area contributed by atoms with E-state index in [0.717, 1.165) is 20.8 Å². The molecular weight excluding hydrogens is 332 g/mol. The van der Waals surface area contributed by atoms with Crippen LogP contribution in [0.15, 0.2) is 0 Å². The van der Waals surface area contributed by atoms with Crippen LogP contribution in [0.2, 0.25) is 0 Å². The summed E-state index contributed by atoms with van der Waals surface area (Å²) in [5.41, 5.74) is -11.0. The third kappa shape index (κ3) is 3.20. The highest BCUT2D eigenvalue weighted by atomic mass is 16.4. The quantitative estimate of drug-likeness (QED) is 0.257. The lowest BCUT2D eigenvalue weighted by Crippen LogP contribution is -2.77. The summed E-state index contributed by atoms with van der Waals surface area (Å²) in [5.74, 6) is -1.55. The number of hydrogen-bond acceptors (Lipinski definition) is 7. The molecule has 25 heavy (non-hydrogen) atoms. The Morgan fingerprint density at radius 1 is 0.800 bits per heavy atom. The van der Waals surface area contributed by atoms with Crippen LogP contribution in [0.25, 0.3) is 0 Å². The zero-order valence-corrected chi connectivity index (χ0v) is 15.8. The van der Waals surface area contributed by atoms with Gasteiger partial charge in [-0.3, -0.25) is 4.79 Å². The van der Waals surface area contributed by atoms with E-state index in [1.54, 1.807) is 6.92 Å². The number of carboxylic acids is 1. The van der Waals surface area contributed by atoms with Gasteiger partial charge >= 0.3 is 5.97 Å². The lowest BCUT2D eigenvalue weighted by Gasteiger charge is -2.64. The second-order valence-electron chi connectivity index (χ2n) is 7.52. The van der Waals surface area contributed by atoms with E-state index in [9.17, 15) is 40.5 Å². The molecule has 0 aliphatic carbocycles. The molecular formula is C17H34O8. The van der Waals surface area contributed by atoms with Gasteiger partial charge in [-0.1, -0.05) is 20.3 Å². The summed E-state index contributed by atoms with van der Waals surface area (Å²) in [6, 6.07) is 0. The molecule has 0 saturated carbocycles. The Balaban J connectivity index is 7.41. The standard InChI is InChI=1S/C17H34O8/c1-6-8-17(14(4,24)10-19,15(5,25)11-20)16(7-2,12(21)22)13(3,23)9-18/h18-20,23-25H,6-11H2,1-5H3,(H,21,22). The summed E-state index contributed by atoms with van der Waals surface area (Å²) in [6.45, 7) is 3.77. The van der Waals surface area contributed by atoms with E-state index < -0.39 is 53.4 Å². The second-order valence-corrected chi connectivity index (χ2v) is 7.52. The number of hydrogen-bond donors (Lipinski definition) is 7. The smallest absolute Gasteiger partial charge is 0.313 e. The van der Waals surface area contributed by atoms with Crippen LogP contribution in [0.1, 0.15) is 53.9 Å². The summed E-state index contributed by atoms with van der Waals surface area (Å²) in [4.78, 5) is 12.4. The fourth-order valence-corrected chi connectivity index (χ4v) is 4.74. The minimum atomic E-state index is -2.27. The third-order valence-electron chi connectivity index (χ3n) is 5.93. The van der Waals surface area contributed by atoms with Crippen LogP contribution in [-0.4, -0.2) is 78.3 Å². The Kier molecular flexibility index (Phi) is 7.61. The van der Waals surface area contributed by atoms with Gasteiger partial charge in [0.15, 0.2) is 0 Å². The maximum absolute atomic E-state index is 12.4. The lowest BCUT2D eigenvalue weighted by molar-refractivity contribution is -0.303. The van der Waals surface area contributed by atoms with E-state index in [1.807, 2.05) is 0 Å². The number of carbonyl (C=O) groups is 1. The molecule has 0 spiro atoms. The molecule has 0 aliphatic heterocycles. The fourth-order valence-electron chi connectivity index (χ4n) is 4.74. The van der Waals surface area contributed by atoms with Crippen molar-refractivity contribution < 1.29 is 40.5 Å². The van der Waals surface area contributed by atoms with Crippen molar-refractivity contribution in [2.24, 2.45) is 10.8 Å². The zero-order chi connectivity index (χ0) is 20.3. The van der Waals surface area contributed by atoms with Crippen molar-refractivity contribution in [2.45, 2.75) is 70.7 Å². The highest BCUT2D eigenvalue weighted by molar-refractivity contribution is 5.78. The normalized spacial score (nSPS) is 24.3. The van der Waals surface area contributed by atoms with Crippen LogP contribution in [-0.2, 0) is 4.79 Å². The molecule has 0 radical (unpaired) electrons. The maximum Gasteiger partial charge on any atom is 0.313 e. The Morgan fingerprint density at radius 3 is 1.36 bits per heavy atom. The predicted octanol–water partition coefficient (Wildman–Crippen LogP) is -0.516. The van der Waals surface area contributed by atoms with Crippen molar-refractivity contribution in [3.63, 3.8) is 0 Å². The summed E-state index contributed by atoms with van der Waals surface area (Å²) in [6.07, 6.45) is -0.130. The molecule has 0 rings (SSSR count). The van der Waals surface area contributed by atoms with Gasteiger partial charge in [-0.25, -0.2) is 0 Å². The molecule has 0 saturated heterocycles. The summed E-state index contributed by atoms with van der Waals surface area (Å²) in [5, 5.41) is 72.4. The van der Waals surface area contributed by atoms with Gasteiger partial charge in [0.25, 0.3) is 0 Å². The minimum Gasteiger partial charge on any atom is -0.481 e. The average molecular weight is 366 g/mol. The van der Waals surface area contributed by atoms with Crippen LogP contribution in [0, 0.1) is 10.8 Å². The Labute approximate surface area is 148 Å². The van der Waals surface area contributed by atoms with E-state index in [-0.39, 0.29) is 19.3 Å². The lowest BCUT2D eigenvalue weighted by atomic mass is 9.42. The molecule has 4 unspecified atom stereocenters. The molecule has 4 atom stereocenters. The maximum atomic E-state index is 12.4. The van der Waals surface area contributed by atoms with Crippen molar-refractivity contribution in [3.8, 4) is 0 Å². The van der Waals surface area contributed by atoms with Gasteiger partial charge in [-0.05, 0) is 33.6 Å². The van der Waals surface area contributed by atoms with Crippen LogP contribution < -0.4 is 0 Å². The average Bonchev–Trinajstić information content (AvgIpc) is 2.53. The van der Waals surface area contributed by atoms with Gasteiger partial charge < -0.3 is 35.7 Å². The molecule has 8 heteroatoms. The molecule has 8 nitrogen and oxygen atoms in total. The van der Waals surface area contributed by atoms with Gasteiger partial charge in [0.1, 0.15) is 11.0 Å². The largest absolute Gasteiger partial charge is 0.481 e. The Morgan fingerprint density at radius 2 is 1.16 bits per heavy atom. The van der Waals surface area contributed by atoms with Crippen LogP contribution in [0.5, 0.6) is 0 Å². The molecule has 150 valence electrons. The van der Waals surface area contributed by atoms with E-state index in [0.29, 0.717) is 0 Å². The summed E-state index contributed by atoms with van der Waals surface area (Å²) in [7, 11) is 0. The predicted molar refractivity (Wildman–Crippen MR) is 90.8 cm³/mol. The number of aliphatic carboxylic acids is 1. The first kappa shape index (κ1) is 24.2. The summed E-state index contributed by atoms with van der Waals surface area (Å²) >= 11 is 0. The van der Waals surface area contributed by atoms with Crippen molar-refractivity contribution in [2.75, 3.05) is 19.8 Å². The van der Waals surface area contributed by atoms with Crippen LogP contribution >= 0.6 is 0 Å². The second kappa shape index (κ2) is 7.85. The monoisotopic (exact) mass is 366 g/mol. The number of aliphatic hydroxyl groups is 6. The number of aliphatic hydroxyl groups excluding tert-OH is 3. The Hall–Kier alpha value is -0.770. The number of carboxylic acid groups (broad SMARTS) is 1. The number of rotatable bonds is 11. The van der Waals surface area contributed by atoms with Crippen molar-refractivity contribution in [1.82, 2.24) is 0 Å². The molecule has 0 aromatic heterocycles. The molecule has 0 bridgehead atoms. The highest BCUT2D eigenvalue weighted by Crippen LogP contribution is 2.62. The van der Waals surface area contributed by atoms with E-state index in [1.165, 1.54) is 6.92 Å².